The Morgan fingerprint density at radius 3 is 2.39 bits per heavy atom. The van der Waals surface area contributed by atoms with E-state index in [0.717, 1.165) is 6.26 Å². The van der Waals surface area contributed by atoms with E-state index in [2.05, 4.69) is 0 Å². The van der Waals surface area contributed by atoms with Gasteiger partial charge in [0.25, 0.3) is 0 Å². The molecular weight excluding hydrogens is 492 g/mol. The van der Waals surface area contributed by atoms with Crippen LogP contribution in [0.3, 0.4) is 0 Å². The molecule has 36 heavy (non-hydrogen) atoms. The first-order chi connectivity index (χ1) is 16.8. The Labute approximate surface area is 209 Å². The third-order valence-corrected chi connectivity index (χ3v) is 9.74. The molecular formula is C25H30O10S. The molecule has 2 aliphatic heterocycles. The maximum atomic E-state index is 13.0. The summed E-state index contributed by atoms with van der Waals surface area (Å²) in [5.41, 5.74) is -2.41. The summed E-state index contributed by atoms with van der Waals surface area (Å²) in [6.45, 7) is 4.89. The molecule has 1 aromatic rings. The molecule has 2 unspecified atom stereocenters. The summed E-state index contributed by atoms with van der Waals surface area (Å²) >= 11 is 0. The largest absolute Gasteiger partial charge is 0.461 e. The van der Waals surface area contributed by atoms with Crippen molar-refractivity contribution in [3.8, 4) is 0 Å². The number of epoxide rings is 1. The van der Waals surface area contributed by atoms with Gasteiger partial charge in [-0.15, -0.1) is 0 Å². The molecule has 2 bridgehead atoms. The second-order valence-electron chi connectivity index (χ2n) is 10.6. The van der Waals surface area contributed by atoms with E-state index >= 15 is 0 Å². The van der Waals surface area contributed by atoms with Crippen LogP contribution in [-0.2, 0) is 33.6 Å². The lowest BCUT2D eigenvalue weighted by Gasteiger charge is -2.59. The van der Waals surface area contributed by atoms with Crippen LogP contribution in [0.4, 0.5) is 0 Å². The number of rotatable bonds is 5. The Hall–Kier alpha value is -2.31. The van der Waals surface area contributed by atoms with Gasteiger partial charge in [0.05, 0.1) is 34.7 Å². The van der Waals surface area contributed by atoms with Crippen LogP contribution in [0, 0.1) is 10.8 Å². The zero-order valence-electron chi connectivity index (χ0n) is 20.5. The van der Waals surface area contributed by atoms with Crippen LogP contribution in [-0.4, -0.2) is 86.2 Å². The van der Waals surface area contributed by atoms with E-state index in [-0.39, 0.29) is 23.5 Å². The summed E-state index contributed by atoms with van der Waals surface area (Å²) in [6.07, 6.45) is -1.46. The average molecular weight is 523 g/mol. The maximum Gasteiger partial charge on any atom is 0.338 e. The Morgan fingerprint density at radius 1 is 1.19 bits per heavy atom. The molecule has 1 aromatic carbocycles. The van der Waals surface area contributed by atoms with Crippen molar-refractivity contribution in [2.45, 2.75) is 68.2 Å². The van der Waals surface area contributed by atoms with Gasteiger partial charge in [-0.1, -0.05) is 13.0 Å². The van der Waals surface area contributed by atoms with E-state index < -0.39 is 68.7 Å². The van der Waals surface area contributed by atoms with Gasteiger partial charge >= 0.3 is 11.9 Å². The van der Waals surface area contributed by atoms with E-state index in [0.29, 0.717) is 12.2 Å². The van der Waals surface area contributed by atoms with Crippen LogP contribution in [0.15, 0.2) is 40.8 Å². The van der Waals surface area contributed by atoms with Crippen LogP contribution in [0.1, 0.15) is 37.6 Å². The molecule has 2 heterocycles. The molecule has 2 N–H and O–H groups in total. The highest BCUT2D eigenvalue weighted by molar-refractivity contribution is 7.90. The normalized spacial score (nSPS) is 40.8. The highest BCUT2D eigenvalue weighted by Gasteiger charge is 2.84. The third-order valence-electron chi connectivity index (χ3n) is 8.61. The number of carbonyl (C=O) groups excluding carboxylic acids is 2. The average Bonchev–Trinajstić information content (AvgIpc) is 3.58. The fourth-order valence-electron chi connectivity index (χ4n) is 6.53. The number of esters is 2. The molecule has 8 atom stereocenters. The van der Waals surface area contributed by atoms with Gasteiger partial charge in [-0.05, 0) is 43.2 Å². The molecule has 1 saturated carbocycles. The number of fused-ring (bicyclic) bond motifs is 2. The van der Waals surface area contributed by atoms with Crippen molar-refractivity contribution in [1.82, 2.24) is 0 Å². The first kappa shape index (κ1) is 25.3. The first-order valence-corrected chi connectivity index (χ1v) is 13.6. The maximum absolute atomic E-state index is 13.0. The van der Waals surface area contributed by atoms with Gasteiger partial charge in [0.1, 0.15) is 30.5 Å². The Morgan fingerprint density at radius 2 is 1.83 bits per heavy atom. The highest BCUT2D eigenvalue weighted by atomic mass is 32.2. The minimum Gasteiger partial charge on any atom is -0.461 e. The van der Waals surface area contributed by atoms with Crippen molar-refractivity contribution in [3.63, 3.8) is 0 Å². The van der Waals surface area contributed by atoms with Gasteiger partial charge < -0.3 is 29.2 Å². The second-order valence-corrected chi connectivity index (χ2v) is 12.6. The SMILES string of the molecule is CC(=O)O[C@@H]1C[C@@]2(C)C3(CO3)C1O[C@@H]1C=C(C)[C@@H](O)[C@@H](O)[C@@]12COC(=O)c1ccc(S(C)(=O)=O)cc1. The predicted octanol–water partition coefficient (Wildman–Crippen LogP) is 0.793. The van der Waals surface area contributed by atoms with E-state index in [1.165, 1.54) is 31.2 Å². The molecule has 196 valence electrons. The van der Waals surface area contributed by atoms with Crippen molar-refractivity contribution < 1.29 is 47.2 Å². The standard InChI is InChI=1S/C25H30O10S/c1-13-9-18-24(20(28)19(13)27,11-32-22(29)15-5-7-16(8-6-15)36(4,30)31)23(3)10-17(34-14(2)26)21(35-18)25(23)12-33-25/h5-9,17-21,27-28H,10-12H2,1-4H3/t17-,18-,19-,20-,21?,23-,24-,25?/m1/s1. The Bertz CT molecular complexity index is 1230. The minimum atomic E-state index is -3.43. The van der Waals surface area contributed by atoms with Gasteiger partial charge in [0.15, 0.2) is 9.84 Å². The predicted molar refractivity (Wildman–Crippen MR) is 124 cm³/mol. The zero-order chi connectivity index (χ0) is 26.3. The lowest BCUT2D eigenvalue weighted by Crippen LogP contribution is -2.71. The molecule has 11 heteroatoms. The van der Waals surface area contributed by atoms with Gasteiger partial charge in [-0.3, -0.25) is 4.79 Å². The number of ether oxygens (including phenoxy) is 4. The van der Waals surface area contributed by atoms with E-state index in [1.54, 1.807) is 13.0 Å². The monoisotopic (exact) mass is 522 g/mol. The number of aliphatic hydroxyl groups is 2. The smallest absolute Gasteiger partial charge is 0.338 e. The lowest BCUT2D eigenvalue weighted by atomic mass is 9.50. The van der Waals surface area contributed by atoms with Crippen LogP contribution in [0.25, 0.3) is 0 Å². The number of aliphatic hydroxyl groups excluding tert-OH is 2. The van der Waals surface area contributed by atoms with Crippen molar-refractivity contribution in [1.29, 1.82) is 0 Å². The van der Waals surface area contributed by atoms with Gasteiger partial charge in [0, 0.05) is 18.6 Å². The summed E-state index contributed by atoms with van der Waals surface area (Å²) in [4.78, 5) is 24.9. The Kier molecular flexibility index (Phi) is 5.70. The van der Waals surface area contributed by atoms with E-state index in [1.807, 2.05) is 6.92 Å². The Balaban J connectivity index is 1.51. The van der Waals surface area contributed by atoms with Gasteiger partial charge in [-0.25, -0.2) is 13.2 Å². The summed E-state index contributed by atoms with van der Waals surface area (Å²) in [5.74, 6) is -1.19. The van der Waals surface area contributed by atoms with Gasteiger partial charge in [0.2, 0.25) is 0 Å². The molecule has 2 aliphatic carbocycles. The third kappa shape index (κ3) is 3.40. The van der Waals surface area contributed by atoms with Crippen molar-refractivity contribution in [2.75, 3.05) is 19.5 Å². The minimum absolute atomic E-state index is 0.0682. The van der Waals surface area contributed by atoms with Crippen LogP contribution >= 0.6 is 0 Å². The molecule has 0 amide bonds. The molecule has 10 nitrogen and oxygen atoms in total. The molecule has 3 fully saturated rings. The fourth-order valence-corrected chi connectivity index (χ4v) is 7.16. The molecule has 1 spiro atoms. The summed E-state index contributed by atoms with van der Waals surface area (Å²) in [5, 5.41) is 22.4. The molecule has 2 saturated heterocycles. The van der Waals surface area contributed by atoms with E-state index in [4.69, 9.17) is 18.9 Å². The summed E-state index contributed by atoms with van der Waals surface area (Å²) in [7, 11) is -3.43. The molecule has 5 rings (SSSR count). The molecule has 4 aliphatic rings. The van der Waals surface area contributed by atoms with E-state index in [9.17, 15) is 28.2 Å². The molecule has 0 radical (unpaired) electrons. The quantitative estimate of drug-likeness (QED) is 0.323. The van der Waals surface area contributed by atoms with Crippen molar-refractivity contribution >= 4 is 21.8 Å². The number of benzene rings is 1. The number of sulfone groups is 1. The van der Waals surface area contributed by atoms with Crippen LogP contribution < -0.4 is 0 Å². The van der Waals surface area contributed by atoms with Crippen LogP contribution in [0.5, 0.6) is 0 Å². The number of hydrogen-bond donors (Lipinski definition) is 2. The fraction of sp³-hybridized carbons (Fsp3) is 0.600. The first-order valence-electron chi connectivity index (χ1n) is 11.8. The number of carbonyl (C=O) groups is 2. The van der Waals surface area contributed by atoms with Crippen molar-refractivity contribution in [3.05, 3.63) is 41.5 Å². The lowest BCUT2D eigenvalue weighted by molar-refractivity contribution is -0.261. The van der Waals surface area contributed by atoms with Crippen LogP contribution in [0.2, 0.25) is 0 Å². The highest BCUT2D eigenvalue weighted by Crippen LogP contribution is 2.71. The van der Waals surface area contributed by atoms with Crippen molar-refractivity contribution in [2.24, 2.45) is 10.8 Å². The molecule has 0 aromatic heterocycles. The van der Waals surface area contributed by atoms with Gasteiger partial charge in [-0.2, -0.15) is 0 Å². The number of hydrogen-bond acceptors (Lipinski definition) is 10. The second kappa shape index (κ2) is 8.09. The summed E-state index contributed by atoms with van der Waals surface area (Å²) < 4.78 is 47.1. The summed E-state index contributed by atoms with van der Waals surface area (Å²) in [6, 6.07) is 5.36. The zero-order valence-corrected chi connectivity index (χ0v) is 21.3. The topological polar surface area (TPSA) is 149 Å².